The van der Waals surface area contributed by atoms with Gasteiger partial charge in [0.1, 0.15) is 0 Å². The molecule has 0 fully saturated rings. The smallest absolute Gasteiger partial charge is 0.397 e. The van der Waals surface area contributed by atoms with E-state index < -0.39 is 8.60 Å². The van der Waals surface area contributed by atoms with Crippen LogP contribution in [0.1, 0.15) is 20.8 Å². The maximum Gasteiger partial charge on any atom is 0.397 e. The first kappa shape index (κ1) is 19.3. The van der Waals surface area contributed by atoms with Crippen LogP contribution in [0.25, 0.3) is 0 Å². The van der Waals surface area contributed by atoms with Crippen molar-refractivity contribution < 1.29 is 39.4 Å². The van der Waals surface area contributed by atoms with Gasteiger partial charge < -0.3 is 4.79 Å². The van der Waals surface area contributed by atoms with Crippen molar-refractivity contribution in [2.24, 2.45) is 0 Å². The third-order valence-corrected chi connectivity index (χ3v) is 2.36. The van der Waals surface area contributed by atoms with Gasteiger partial charge in [0.2, 0.25) is 0 Å². The minimum atomic E-state index is -1.40. The molecule has 0 heterocycles. The predicted octanol–water partition coefficient (Wildman–Crippen LogP) is 1.78. The van der Waals surface area contributed by atoms with E-state index in [0.717, 1.165) is 0 Å². The maximum atomic E-state index is 7.75. The molecule has 0 aromatic rings. The third kappa shape index (κ3) is 15.4. The topological polar surface area (TPSA) is 44.8 Å². The van der Waals surface area contributed by atoms with Crippen LogP contribution in [0.15, 0.2) is 0 Å². The molecule has 0 N–H and O–H groups in total. The summed E-state index contributed by atoms with van der Waals surface area (Å²) in [7, 11) is -1.40. The van der Waals surface area contributed by atoms with Gasteiger partial charge in [-0.15, -0.1) is 0 Å². The largest absolute Gasteiger partial charge is 0.545 e. The first-order valence-corrected chi connectivity index (χ1v) is 5.06. The molecule has 6 heteroatoms. The molecule has 0 aliphatic heterocycles. The summed E-state index contributed by atoms with van der Waals surface area (Å²) in [5.74, 6) is 0. The van der Waals surface area contributed by atoms with Crippen LogP contribution >= 0.6 is 8.60 Å². The molecule has 0 radical (unpaired) electrons. The molecule has 0 aliphatic rings. The first-order chi connectivity index (χ1) is 5.85. The van der Waals surface area contributed by atoms with Gasteiger partial charge in [0.15, 0.2) is 0 Å². The zero-order chi connectivity index (χ0) is 9.82. The van der Waals surface area contributed by atoms with Crippen molar-refractivity contribution in [2.75, 3.05) is 19.8 Å². The molecule has 0 spiro atoms. The van der Waals surface area contributed by atoms with Gasteiger partial charge in [0, 0.05) is 21.1 Å². The molecule has 0 unspecified atom stereocenters. The van der Waals surface area contributed by atoms with E-state index in [1.165, 1.54) is 0 Å². The fourth-order valence-electron chi connectivity index (χ4n) is 0.479. The molecule has 0 bridgehead atoms. The van der Waals surface area contributed by atoms with E-state index in [0.29, 0.717) is 19.8 Å². The number of carbonyl (C=O) groups excluding carboxylic acids is 1. The van der Waals surface area contributed by atoms with Crippen molar-refractivity contribution in [1.29, 1.82) is 0 Å². The normalized spacial score (nSPS) is 8.62. The van der Waals surface area contributed by atoms with E-state index >= 15 is 0 Å². The number of hydrogen-bond donors (Lipinski definition) is 0. The van der Waals surface area contributed by atoms with Crippen molar-refractivity contribution >= 4 is 15.4 Å². The Bertz CT molecular complexity index is 72.6. The molecule has 4 nitrogen and oxygen atoms in total. The van der Waals surface area contributed by atoms with Gasteiger partial charge in [0.25, 0.3) is 0 Å². The van der Waals surface area contributed by atoms with Gasteiger partial charge in [0.05, 0.1) is 19.8 Å². The molecule has 0 aromatic carbocycles. The van der Waals surface area contributed by atoms with Crippen molar-refractivity contribution in [3.05, 3.63) is 0 Å². The van der Waals surface area contributed by atoms with Crippen LogP contribution in [0.5, 0.6) is 0 Å². The van der Waals surface area contributed by atoms with Crippen LogP contribution in [-0.4, -0.2) is 26.6 Å². The Labute approximate surface area is 95.6 Å². The summed E-state index contributed by atoms with van der Waals surface area (Å²) >= 11 is 0. The molecule has 0 atom stereocenters. The average Bonchev–Trinajstić information content (AvgIpc) is 2.10. The fourth-order valence-corrected chi connectivity index (χ4v) is 1.44. The molecular weight excluding hydrogens is 363 g/mol. The summed E-state index contributed by atoms with van der Waals surface area (Å²) in [5, 5.41) is 0. The van der Waals surface area contributed by atoms with Crippen molar-refractivity contribution in [3.8, 4) is 0 Å². The van der Waals surface area contributed by atoms with Crippen LogP contribution in [0.3, 0.4) is 0 Å². The zero-order valence-electron chi connectivity index (χ0n) is 8.24. The van der Waals surface area contributed by atoms with Gasteiger partial charge in [-0.05, 0) is 20.8 Å². The third-order valence-electron chi connectivity index (χ3n) is 0.787. The van der Waals surface area contributed by atoms with Crippen molar-refractivity contribution in [2.45, 2.75) is 20.8 Å². The Hall–Kier alpha value is 0.668. The van der Waals surface area contributed by atoms with Crippen LogP contribution < -0.4 is 0 Å². The first-order valence-electron chi connectivity index (χ1n) is 3.84. The molecule has 0 aromatic heterocycles. The standard InChI is InChI=1S/C6H16O3P.CHO.W/c1-4-7-10(8-5-2)9-6-3;1-2;/h10H,4-6H2,1-3H3;1H;/q+1;-1;. The average molecular weight is 380 g/mol. The number of hydrogen-bond acceptors (Lipinski definition) is 4. The fraction of sp³-hybridized carbons (Fsp3) is 0.857. The summed E-state index contributed by atoms with van der Waals surface area (Å²) < 4.78 is 15.5. The van der Waals surface area contributed by atoms with E-state index in [2.05, 4.69) is 6.79 Å². The van der Waals surface area contributed by atoms with Gasteiger partial charge in [-0.3, -0.25) is 6.79 Å². The molecule has 0 aliphatic carbocycles. The molecule has 0 saturated carbocycles. The monoisotopic (exact) mass is 380 g/mol. The van der Waals surface area contributed by atoms with E-state index in [1.54, 1.807) is 0 Å². The number of rotatable bonds is 6. The summed E-state index contributed by atoms with van der Waals surface area (Å²) in [5.41, 5.74) is 0. The van der Waals surface area contributed by atoms with Gasteiger partial charge in [-0.25, -0.2) is 0 Å². The van der Waals surface area contributed by atoms with E-state index in [-0.39, 0.29) is 21.1 Å². The molecule has 0 rings (SSSR count). The second-order valence-electron chi connectivity index (χ2n) is 1.55. The van der Waals surface area contributed by atoms with Gasteiger partial charge in [-0.1, -0.05) is 0 Å². The van der Waals surface area contributed by atoms with Crippen LogP contribution in [0, 0.1) is 0 Å². The zero-order valence-corrected chi connectivity index (χ0v) is 12.2. The van der Waals surface area contributed by atoms with Gasteiger partial charge in [-0.2, -0.15) is 13.6 Å². The Morgan fingerprint density at radius 3 is 1.31 bits per heavy atom. The quantitative estimate of drug-likeness (QED) is 0.401. The summed E-state index contributed by atoms with van der Waals surface area (Å²) in [4.78, 5) is 7.75. The van der Waals surface area contributed by atoms with E-state index in [4.69, 9.17) is 18.4 Å². The Kier molecular flexibility index (Phi) is 27.4. The minimum absolute atomic E-state index is 0. The summed E-state index contributed by atoms with van der Waals surface area (Å²) in [6.07, 6.45) is 0. The van der Waals surface area contributed by atoms with Crippen molar-refractivity contribution in [1.82, 2.24) is 0 Å². The molecule has 13 heavy (non-hydrogen) atoms. The summed E-state index contributed by atoms with van der Waals surface area (Å²) in [6, 6.07) is 0. The Morgan fingerprint density at radius 2 is 1.15 bits per heavy atom. The van der Waals surface area contributed by atoms with Crippen LogP contribution in [-0.2, 0) is 39.4 Å². The second kappa shape index (κ2) is 18.5. The van der Waals surface area contributed by atoms with Gasteiger partial charge >= 0.3 is 8.60 Å². The second-order valence-corrected chi connectivity index (χ2v) is 2.92. The van der Waals surface area contributed by atoms with Crippen molar-refractivity contribution in [3.63, 3.8) is 0 Å². The van der Waals surface area contributed by atoms with Crippen LogP contribution in [0.4, 0.5) is 0 Å². The predicted molar refractivity (Wildman–Crippen MR) is 49.9 cm³/mol. The Morgan fingerprint density at radius 1 is 0.923 bits per heavy atom. The Balaban J connectivity index is -0.000000309. The molecule has 0 saturated heterocycles. The van der Waals surface area contributed by atoms with E-state index in [9.17, 15) is 0 Å². The molecular formula is C7H17O4PW. The maximum absolute atomic E-state index is 7.75. The van der Waals surface area contributed by atoms with E-state index in [1.807, 2.05) is 20.8 Å². The minimum Gasteiger partial charge on any atom is -0.545 e. The SMILES string of the molecule is CCO[PH+](OCC)OCC.[CH-]=O.[W]. The summed E-state index contributed by atoms with van der Waals surface area (Å²) in [6.45, 7) is 11.0. The molecule has 0 amide bonds. The van der Waals surface area contributed by atoms with Crippen LogP contribution in [0.2, 0.25) is 0 Å². The molecule has 80 valence electrons.